The minimum absolute atomic E-state index is 0.350. The molecule has 1 rings (SSSR count). The molecule has 0 aromatic heterocycles. The van der Waals surface area contributed by atoms with Gasteiger partial charge < -0.3 is 4.74 Å². The Morgan fingerprint density at radius 2 is 1.86 bits per heavy atom. The van der Waals surface area contributed by atoms with Gasteiger partial charge in [-0.25, -0.2) is 0 Å². The van der Waals surface area contributed by atoms with E-state index in [0.29, 0.717) is 15.6 Å². The number of esters is 1. The molecule has 14 heavy (non-hydrogen) atoms. The monoisotopic (exact) mass is 252 g/mol. The summed E-state index contributed by atoms with van der Waals surface area (Å²) < 4.78 is 4.49. The predicted octanol–water partition coefficient (Wildman–Crippen LogP) is 3.45. The van der Waals surface area contributed by atoms with Crippen molar-refractivity contribution in [1.29, 1.82) is 0 Å². The molecule has 0 spiro atoms. The van der Waals surface area contributed by atoms with Crippen LogP contribution in [0, 0.1) is 0 Å². The van der Waals surface area contributed by atoms with Gasteiger partial charge in [0, 0.05) is 15.6 Å². The van der Waals surface area contributed by atoms with Gasteiger partial charge >= 0.3 is 5.97 Å². The molecular formula is C9H7Cl3O2. The van der Waals surface area contributed by atoms with Gasteiger partial charge in [0.25, 0.3) is 0 Å². The van der Waals surface area contributed by atoms with Crippen molar-refractivity contribution in [3.8, 4) is 0 Å². The van der Waals surface area contributed by atoms with Gasteiger partial charge in [0.1, 0.15) is 0 Å². The number of carbonyl (C=O) groups excluding carboxylic acids is 1. The average Bonchev–Trinajstić information content (AvgIpc) is 2.16. The molecule has 1 aromatic carbocycles. The average molecular weight is 254 g/mol. The number of hydrogen-bond acceptors (Lipinski definition) is 2. The van der Waals surface area contributed by atoms with Crippen molar-refractivity contribution in [2.45, 2.75) is 5.38 Å². The largest absolute Gasteiger partial charge is 0.468 e. The first-order valence-electron chi connectivity index (χ1n) is 3.73. The molecule has 0 aliphatic carbocycles. The van der Waals surface area contributed by atoms with E-state index in [0.717, 1.165) is 0 Å². The molecule has 0 aliphatic heterocycles. The van der Waals surface area contributed by atoms with Crippen molar-refractivity contribution in [3.05, 3.63) is 33.8 Å². The second-order valence-corrected chi connectivity index (χ2v) is 3.77. The van der Waals surface area contributed by atoms with Gasteiger partial charge in [-0.05, 0) is 12.1 Å². The summed E-state index contributed by atoms with van der Waals surface area (Å²) in [5.41, 5.74) is 0.379. The molecule has 0 saturated heterocycles. The molecule has 0 amide bonds. The maximum atomic E-state index is 11.1. The number of ether oxygens (including phenoxy) is 1. The van der Waals surface area contributed by atoms with E-state index in [9.17, 15) is 4.79 Å². The summed E-state index contributed by atoms with van der Waals surface area (Å²) in [6.45, 7) is 0. The summed E-state index contributed by atoms with van der Waals surface area (Å²) in [7, 11) is 1.25. The van der Waals surface area contributed by atoms with E-state index in [4.69, 9.17) is 34.8 Å². The lowest BCUT2D eigenvalue weighted by Crippen LogP contribution is -2.09. The number of alkyl halides is 1. The van der Waals surface area contributed by atoms with E-state index in [-0.39, 0.29) is 0 Å². The second-order valence-electron chi connectivity index (χ2n) is 2.52. The third kappa shape index (κ3) is 2.32. The minimum atomic E-state index is -0.971. The number of benzene rings is 1. The van der Waals surface area contributed by atoms with Crippen molar-refractivity contribution < 1.29 is 9.53 Å². The molecule has 0 radical (unpaired) electrons. The Balaban J connectivity index is 3.11. The molecule has 2 nitrogen and oxygen atoms in total. The Hall–Kier alpha value is -0.440. The Morgan fingerprint density at radius 1 is 1.36 bits per heavy atom. The molecule has 0 fully saturated rings. The molecule has 0 bridgehead atoms. The molecule has 0 saturated carbocycles. The van der Waals surface area contributed by atoms with Gasteiger partial charge in [0.2, 0.25) is 0 Å². The topological polar surface area (TPSA) is 26.3 Å². The fourth-order valence-corrected chi connectivity index (χ4v) is 2.03. The molecule has 76 valence electrons. The highest BCUT2D eigenvalue weighted by molar-refractivity contribution is 6.39. The van der Waals surface area contributed by atoms with Crippen LogP contribution < -0.4 is 0 Å². The van der Waals surface area contributed by atoms with Crippen molar-refractivity contribution in [3.63, 3.8) is 0 Å². The van der Waals surface area contributed by atoms with Crippen molar-refractivity contribution in [2.24, 2.45) is 0 Å². The second kappa shape index (κ2) is 4.87. The lowest BCUT2D eigenvalue weighted by Gasteiger charge is -2.10. The van der Waals surface area contributed by atoms with Crippen LogP contribution in [0.3, 0.4) is 0 Å². The third-order valence-corrected chi connectivity index (χ3v) is 2.72. The van der Waals surface area contributed by atoms with Gasteiger partial charge in [-0.15, -0.1) is 11.6 Å². The molecule has 1 aromatic rings. The van der Waals surface area contributed by atoms with Crippen LogP contribution in [0.2, 0.25) is 10.0 Å². The first-order chi connectivity index (χ1) is 6.57. The molecule has 1 unspecified atom stereocenters. The zero-order chi connectivity index (χ0) is 10.7. The molecule has 0 aliphatic rings. The van der Waals surface area contributed by atoms with Crippen LogP contribution in [0.25, 0.3) is 0 Å². The highest BCUT2D eigenvalue weighted by Gasteiger charge is 2.23. The predicted molar refractivity (Wildman–Crippen MR) is 57.1 cm³/mol. The van der Waals surface area contributed by atoms with Gasteiger partial charge in [-0.2, -0.15) is 0 Å². The third-order valence-electron chi connectivity index (χ3n) is 1.66. The van der Waals surface area contributed by atoms with Gasteiger partial charge in [0.05, 0.1) is 7.11 Å². The Bertz CT molecular complexity index is 332. The van der Waals surface area contributed by atoms with Crippen LogP contribution in [0.5, 0.6) is 0 Å². The highest BCUT2D eigenvalue weighted by Crippen LogP contribution is 2.34. The summed E-state index contributed by atoms with van der Waals surface area (Å²) >= 11 is 17.5. The van der Waals surface area contributed by atoms with Crippen LogP contribution in [0.4, 0.5) is 0 Å². The smallest absolute Gasteiger partial charge is 0.328 e. The van der Waals surface area contributed by atoms with Gasteiger partial charge in [0.15, 0.2) is 5.38 Å². The van der Waals surface area contributed by atoms with Gasteiger partial charge in [-0.3, -0.25) is 4.79 Å². The van der Waals surface area contributed by atoms with E-state index in [1.807, 2.05) is 0 Å². The number of methoxy groups -OCH3 is 1. The molecule has 0 N–H and O–H groups in total. The first-order valence-corrected chi connectivity index (χ1v) is 4.93. The van der Waals surface area contributed by atoms with E-state index in [2.05, 4.69) is 4.74 Å². The zero-order valence-corrected chi connectivity index (χ0v) is 9.53. The summed E-state index contributed by atoms with van der Waals surface area (Å²) in [4.78, 5) is 11.1. The minimum Gasteiger partial charge on any atom is -0.468 e. The van der Waals surface area contributed by atoms with Crippen molar-refractivity contribution in [2.75, 3.05) is 7.11 Å². The molecular weight excluding hydrogens is 246 g/mol. The van der Waals surface area contributed by atoms with E-state index in [1.54, 1.807) is 18.2 Å². The highest BCUT2D eigenvalue weighted by atomic mass is 35.5. The van der Waals surface area contributed by atoms with Crippen LogP contribution in [0.1, 0.15) is 10.9 Å². The molecule has 5 heteroatoms. The van der Waals surface area contributed by atoms with E-state index >= 15 is 0 Å². The summed E-state index contributed by atoms with van der Waals surface area (Å²) in [5.74, 6) is -0.582. The summed E-state index contributed by atoms with van der Waals surface area (Å²) in [5, 5.41) is -0.271. The normalized spacial score (nSPS) is 12.3. The molecule has 1 atom stereocenters. The summed E-state index contributed by atoms with van der Waals surface area (Å²) in [6, 6.07) is 4.90. The number of halogens is 3. The fourth-order valence-electron chi connectivity index (χ4n) is 0.974. The Morgan fingerprint density at radius 3 is 2.29 bits per heavy atom. The Kier molecular flexibility index (Phi) is 4.05. The Labute approximate surface area is 96.7 Å². The standard InChI is InChI=1S/C9H7Cl3O2/c1-14-9(13)8(12)7-5(10)3-2-4-6(7)11/h2-4,8H,1H3. The van der Waals surface area contributed by atoms with Crippen LogP contribution >= 0.6 is 34.8 Å². The molecule has 0 heterocycles. The number of rotatable bonds is 2. The van der Waals surface area contributed by atoms with Crippen LogP contribution in [-0.2, 0) is 9.53 Å². The number of hydrogen-bond donors (Lipinski definition) is 0. The quantitative estimate of drug-likeness (QED) is 0.596. The summed E-state index contributed by atoms with van der Waals surface area (Å²) in [6.07, 6.45) is 0. The lowest BCUT2D eigenvalue weighted by atomic mass is 10.1. The van der Waals surface area contributed by atoms with Crippen LogP contribution in [0.15, 0.2) is 18.2 Å². The maximum absolute atomic E-state index is 11.1. The van der Waals surface area contributed by atoms with Crippen molar-refractivity contribution >= 4 is 40.8 Å². The zero-order valence-electron chi connectivity index (χ0n) is 7.26. The fraction of sp³-hybridized carbons (Fsp3) is 0.222. The number of carbonyl (C=O) groups is 1. The van der Waals surface area contributed by atoms with E-state index in [1.165, 1.54) is 7.11 Å². The SMILES string of the molecule is COC(=O)C(Cl)c1c(Cl)cccc1Cl. The van der Waals surface area contributed by atoms with E-state index < -0.39 is 11.3 Å². The van der Waals surface area contributed by atoms with Crippen molar-refractivity contribution in [1.82, 2.24) is 0 Å². The first kappa shape index (κ1) is 11.6. The van der Waals surface area contributed by atoms with Crippen LogP contribution in [-0.4, -0.2) is 13.1 Å². The lowest BCUT2D eigenvalue weighted by molar-refractivity contribution is -0.140. The van der Waals surface area contributed by atoms with Gasteiger partial charge in [-0.1, -0.05) is 29.3 Å². The maximum Gasteiger partial charge on any atom is 0.328 e.